The number of hydrogen-bond acceptors (Lipinski definition) is 3. The first-order valence-electron chi connectivity index (χ1n) is 4.81. The van der Waals surface area contributed by atoms with E-state index in [4.69, 9.17) is 10.5 Å². The molecule has 0 atom stereocenters. The van der Waals surface area contributed by atoms with Gasteiger partial charge in [-0.2, -0.15) is 0 Å². The number of ether oxygens (including phenoxy) is 1. The number of pyridine rings is 1. The summed E-state index contributed by atoms with van der Waals surface area (Å²) in [6.07, 6.45) is 1.74. The largest absolute Gasteiger partial charge is 0.437 e. The average molecular weight is 326 g/mol. The molecule has 0 amide bonds. The van der Waals surface area contributed by atoms with Crippen LogP contribution in [0.1, 0.15) is 5.56 Å². The van der Waals surface area contributed by atoms with E-state index in [2.05, 4.69) is 27.6 Å². The SMILES string of the molecule is Cc1cnc(Oc2cccc(I)c2)c(N)c1. The fraction of sp³-hybridized carbons (Fsp3) is 0.0833. The van der Waals surface area contributed by atoms with E-state index in [1.54, 1.807) is 6.20 Å². The van der Waals surface area contributed by atoms with Crippen molar-refractivity contribution < 1.29 is 4.74 Å². The van der Waals surface area contributed by atoms with Crippen LogP contribution in [-0.4, -0.2) is 4.98 Å². The van der Waals surface area contributed by atoms with Crippen molar-refractivity contribution in [3.63, 3.8) is 0 Å². The Kier molecular flexibility index (Phi) is 3.28. The van der Waals surface area contributed by atoms with Crippen LogP contribution in [0.2, 0.25) is 0 Å². The molecule has 0 aliphatic carbocycles. The minimum atomic E-state index is 0.451. The van der Waals surface area contributed by atoms with Crippen LogP contribution < -0.4 is 10.5 Å². The Morgan fingerprint density at radius 2 is 2.12 bits per heavy atom. The summed E-state index contributed by atoms with van der Waals surface area (Å²) in [4.78, 5) is 4.15. The molecule has 0 aliphatic heterocycles. The van der Waals surface area contributed by atoms with Gasteiger partial charge in [0.25, 0.3) is 0 Å². The molecule has 1 aromatic heterocycles. The summed E-state index contributed by atoms with van der Waals surface area (Å²) in [6, 6.07) is 9.59. The van der Waals surface area contributed by atoms with Crippen LogP contribution in [0.15, 0.2) is 36.5 Å². The summed E-state index contributed by atoms with van der Waals surface area (Å²) in [5, 5.41) is 0. The zero-order chi connectivity index (χ0) is 11.5. The number of aromatic nitrogens is 1. The molecular formula is C12H11IN2O. The van der Waals surface area contributed by atoms with Gasteiger partial charge in [0.1, 0.15) is 5.75 Å². The van der Waals surface area contributed by atoms with Gasteiger partial charge in [-0.3, -0.25) is 0 Å². The number of halogens is 1. The zero-order valence-corrected chi connectivity index (χ0v) is 10.9. The lowest BCUT2D eigenvalue weighted by Gasteiger charge is -2.07. The van der Waals surface area contributed by atoms with E-state index in [1.165, 1.54) is 0 Å². The summed E-state index contributed by atoms with van der Waals surface area (Å²) in [5.74, 6) is 1.20. The highest BCUT2D eigenvalue weighted by molar-refractivity contribution is 14.1. The van der Waals surface area contributed by atoms with Gasteiger partial charge in [-0.05, 0) is 59.3 Å². The van der Waals surface area contributed by atoms with E-state index >= 15 is 0 Å². The van der Waals surface area contributed by atoms with Crippen LogP contribution >= 0.6 is 22.6 Å². The van der Waals surface area contributed by atoms with Gasteiger partial charge in [-0.15, -0.1) is 0 Å². The van der Waals surface area contributed by atoms with Crippen molar-refractivity contribution in [1.82, 2.24) is 4.98 Å². The molecule has 4 heteroatoms. The van der Waals surface area contributed by atoms with Crippen molar-refractivity contribution in [3.05, 3.63) is 45.7 Å². The monoisotopic (exact) mass is 326 g/mol. The average Bonchev–Trinajstić information content (AvgIpc) is 2.22. The normalized spacial score (nSPS) is 10.1. The van der Waals surface area contributed by atoms with Crippen LogP contribution in [0.25, 0.3) is 0 Å². The maximum atomic E-state index is 5.82. The van der Waals surface area contributed by atoms with Gasteiger partial charge in [0, 0.05) is 9.77 Å². The van der Waals surface area contributed by atoms with E-state index in [0.29, 0.717) is 11.6 Å². The van der Waals surface area contributed by atoms with Gasteiger partial charge >= 0.3 is 0 Å². The zero-order valence-electron chi connectivity index (χ0n) is 8.77. The second kappa shape index (κ2) is 4.69. The van der Waals surface area contributed by atoms with Crippen molar-refractivity contribution in [1.29, 1.82) is 0 Å². The standard InChI is InChI=1S/C12H11IN2O/c1-8-5-11(14)12(15-7-8)16-10-4-2-3-9(13)6-10/h2-7H,14H2,1H3. The fourth-order valence-corrected chi connectivity index (χ4v) is 1.82. The summed E-state index contributed by atoms with van der Waals surface area (Å²) >= 11 is 2.23. The van der Waals surface area contributed by atoms with Gasteiger partial charge in [0.05, 0.1) is 5.69 Å². The molecule has 16 heavy (non-hydrogen) atoms. The summed E-state index contributed by atoms with van der Waals surface area (Å²) in [6.45, 7) is 1.94. The Labute approximate surface area is 108 Å². The number of hydrogen-bond donors (Lipinski definition) is 1. The van der Waals surface area contributed by atoms with Crippen molar-refractivity contribution in [3.8, 4) is 11.6 Å². The summed E-state index contributed by atoms with van der Waals surface area (Å²) in [5.41, 5.74) is 7.39. The van der Waals surface area contributed by atoms with Crippen LogP contribution in [0.4, 0.5) is 5.69 Å². The van der Waals surface area contributed by atoms with Crippen molar-refractivity contribution >= 4 is 28.3 Å². The first-order valence-corrected chi connectivity index (χ1v) is 5.88. The maximum Gasteiger partial charge on any atom is 0.242 e. The highest BCUT2D eigenvalue weighted by Gasteiger charge is 2.04. The van der Waals surface area contributed by atoms with Crippen molar-refractivity contribution in [2.45, 2.75) is 6.92 Å². The number of rotatable bonds is 2. The number of nitrogens with two attached hydrogens (primary N) is 1. The van der Waals surface area contributed by atoms with Crippen LogP contribution in [0, 0.1) is 10.5 Å². The predicted octanol–water partition coefficient (Wildman–Crippen LogP) is 3.37. The Morgan fingerprint density at radius 3 is 2.81 bits per heavy atom. The molecule has 2 N–H and O–H groups in total. The minimum absolute atomic E-state index is 0.451. The van der Waals surface area contributed by atoms with E-state index in [9.17, 15) is 0 Å². The van der Waals surface area contributed by atoms with Gasteiger partial charge in [-0.1, -0.05) is 6.07 Å². The molecular weight excluding hydrogens is 315 g/mol. The molecule has 0 radical (unpaired) electrons. The highest BCUT2D eigenvalue weighted by Crippen LogP contribution is 2.26. The van der Waals surface area contributed by atoms with E-state index in [0.717, 1.165) is 14.9 Å². The molecule has 0 saturated heterocycles. The summed E-state index contributed by atoms with van der Waals surface area (Å²) in [7, 11) is 0. The van der Waals surface area contributed by atoms with E-state index in [-0.39, 0.29) is 0 Å². The predicted molar refractivity (Wildman–Crippen MR) is 72.6 cm³/mol. The van der Waals surface area contributed by atoms with Crippen LogP contribution in [0.5, 0.6) is 11.6 Å². The van der Waals surface area contributed by atoms with Crippen molar-refractivity contribution in [2.75, 3.05) is 5.73 Å². The Bertz CT molecular complexity index is 514. The number of nitrogen functional groups attached to an aromatic ring is 1. The van der Waals surface area contributed by atoms with Crippen molar-refractivity contribution in [2.24, 2.45) is 0 Å². The third-order valence-corrected chi connectivity index (χ3v) is 2.70. The first-order chi connectivity index (χ1) is 7.65. The van der Waals surface area contributed by atoms with Gasteiger partial charge in [0.15, 0.2) is 0 Å². The summed E-state index contributed by atoms with van der Waals surface area (Å²) < 4.78 is 6.72. The number of aryl methyl sites for hydroxylation is 1. The Morgan fingerprint density at radius 1 is 1.31 bits per heavy atom. The number of nitrogens with zero attached hydrogens (tertiary/aromatic N) is 1. The van der Waals surface area contributed by atoms with E-state index in [1.807, 2.05) is 37.3 Å². The molecule has 2 aromatic rings. The molecule has 0 unspecified atom stereocenters. The second-order valence-corrected chi connectivity index (χ2v) is 4.71. The lowest BCUT2D eigenvalue weighted by atomic mass is 10.3. The third kappa shape index (κ3) is 2.63. The molecule has 1 heterocycles. The third-order valence-electron chi connectivity index (χ3n) is 2.03. The van der Waals surface area contributed by atoms with Gasteiger partial charge in [0.2, 0.25) is 5.88 Å². The molecule has 0 fully saturated rings. The molecule has 82 valence electrons. The molecule has 0 aliphatic rings. The molecule has 0 saturated carbocycles. The molecule has 0 bridgehead atoms. The number of anilines is 1. The number of benzene rings is 1. The maximum absolute atomic E-state index is 5.82. The van der Waals surface area contributed by atoms with E-state index < -0.39 is 0 Å². The highest BCUT2D eigenvalue weighted by atomic mass is 127. The first kappa shape index (κ1) is 11.2. The minimum Gasteiger partial charge on any atom is -0.437 e. The lowest BCUT2D eigenvalue weighted by Crippen LogP contribution is -1.95. The molecule has 2 rings (SSSR count). The molecule has 3 nitrogen and oxygen atoms in total. The van der Waals surface area contributed by atoms with Gasteiger partial charge < -0.3 is 10.5 Å². The Hall–Kier alpha value is -1.30. The second-order valence-electron chi connectivity index (χ2n) is 3.47. The molecule has 0 spiro atoms. The smallest absolute Gasteiger partial charge is 0.242 e. The van der Waals surface area contributed by atoms with Crippen LogP contribution in [-0.2, 0) is 0 Å². The van der Waals surface area contributed by atoms with Gasteiger partial charge in [-0.25, -0.2) is 4.98 Å². The lowest BCUT2D eigenvalue weighted by molar-refractivity contribution is 0.465. The Balaban J connectivity index is 2.27. The topological polar surface area (TPSA) is 48.1 Å². The fourth-order valence-electron chi connectivity index (χ4n) is 1.31. The molecule has 1 aromatic carbocycles. The van der Waals surface area contributed by atoms with Crippen LogP contribution in [0.3, 0.4) is 0 Å². The quantitative estimate of drug-likeness (QED) is 0.861.